The molecule has 0 radical (unpaired) electrons. The molecular formula is C21H28N4O3. The molecule has 0 bridgehead atoms. The fraction of sp³-hybridized carbons (Fsp3) is 0.429. The molecule has 2 heterocycles. The summed E-state index contributed by atoms with van der Waals surface area (Å²) in [4.78, 5) is 19.3. The number of nitrogens with zero attached hydrogens (tertiary/aromatic N) is 2. The third-order valence-corrected chi connectivity index (χ3v) is 4.83. The molecule has 1 amide bonds. The highest BCUT2D eigenvalue weighted by molar-refractivity contribution is 5.99. The van der Waals surface area contributed by atoms with Gasteiger partial charge in [0, 0.05) is 25.9 Å². The zero-order chi connectivity index (χ0) is 19.8. The zero-order valence-electron chi connectivity index (χ0n) is 16.3. The number of aromatic nitrogens is 1. The molecule has 7 heteroatoms. The molecule has 0 aliphatic carbocycles. The number of hydrogen-bond donors (Lipinski definition) is 2. The van der Waals surface area contributed by atoms with Gasteiger partial charge in [0.15, 0.2) is 0 Å². The van der Waals surface area contributed by atoms with E-state index in [-0.39, 0.29) is 12.0 Å². The maximum Gasteiger partial charge on any atom is 0.257 e. The van der Waals surface area contributed by atoms with E-state index in [0.29, 0.717) is 43.4 Å². The fourth-order valence-electron chi connectivity index (χ4n) is 3.28. The number of nitrogens with two attached hydrogens (primary N) is 1. The maximum absolute atomic E-state index is 13.1. The van der Waals surface area contributed by atoms with Crippen LogP contribution >= 0.6 is 0 Å². The van der Waals surface area contributed by atoms with Gasteiger partial charge in [0.1, 0.15) is 11.6 Å². The number of hydrogen-bond acceptors (Lipinski definition) is 6. The van der Waals surface area contributed by atoms with Gasteiger partial charge in [0.2, 0.25) is 0 Å². The van der Waals surface area contributed by atoms with Crippen molar-refractivity contribution in [2.45, 2.75) is 25.4 Å². The van der Waals surface area contributed by atoms with Crippen molar-refractivity contribution in [3.05, 3.63) is 48.2 Å². The molecular weight excluding hydrogens is 356 g/mol. The molecule has 0 atom stereocenters. The first-order valence-corrected chi connectivity index (χ1v) is 9.69. The number of para-hydroxylation sites is 2. The van der Waals surface area contributed by atoms with Crippen LogP contribution < -0.4 is 15.8 Å². The van der Waals surface area contributed by atoms with Crippen molar-refractivity contribution in [3.8, 4) is 5.75 Å². The summed E-state index contributed by atoms with van der Waals surface area (Å²) in [6.45, 7) is 2.68. The number of ether oxygens (including phenoxy) is 2. The van der Waals surface area contributed by atoms with Crippen LogP contribution in [0.15, 0.2) is 42.6 Å². The third-order valence-electron chi connectivity index (χ3n) is 4.83. The molecule has 1 aliphatic rings. The molecule has 1 saturated heterocycles. The lowest BCUT2D eigenvalue weighted by molar-refractivity contribution is 0.00847. The number of piperidine rings is 1. The molecule has 2 aromatic rings. The molecule has 0 unspecified atom stereocenters. The average Bonchev–Trinajstić information content (AvgIpc) is 2.75. The van der Waals surface area contributed by atoms with Crippen LogP contribution in [0, 0.1) is 0 Å². The van der Waals surface area contributed by atoms with E-state index in [9.17, 15) is 4.79 Å². The first-order valence-electron chi connectivity index (χ1n) is 9.69. The van der Waals surface area contributed by atoms with Gasteiger partial charge in [-0.3, -0.25) is 4.79 Å². The van der Waals surface area contributed by atoms with E-state index in [4.69, 9.17) is 15.2 Å². The Labute approximate surface area is 165 Å². The maximum atomic E-state index is 13.1. The Kier molecular flexibility index (Phi) is 7.22. The van der Waals surface area contributed by atoms with Gasteiger partial charge in [-0.05, 0) is 50.1 Å². The van der Waals surface area contributed by atoms with Crippen LogP contribution in [0.2, 0.25) is 0 Å². The summed E-state index contributed by atoms with van der Waals surface area (Å²) >= 11 is 0. The molecule has 1 fully saturated rings. The number of amides is 1. The van der Waals surface area contributed by atoms with E-state index in [1.165, 1.54) is 0 Å². The SMILES string of the molecule is COc1ccccc1Nc1ncccc1C(=O)N1CCC(OCCCN)CC1. The van der Waals surface area contributed by atoms with Gasteiger partial charge in [-0.1, -0.05) is 12.1 Å². The van der Waals surface area contributed by atoms with Gasteiger partial charge in [-0.15, -0.1) is 0 Å². The molecule has 3 N–H and O–H groups in total. The lowest BCUT2D eigenvalue weighted by Gasteiger charge is -2.32. The molecule has 1 aromatic carbocycles. The van der Waals surface area contributed by atoms with Crippen LogP contribution in [0.5, 0.6) is 5.75 Å². The van der Waals surface area contributed by atoms with Crippen molar-refractivity contribution < 1.29 is 14.3 Å². The van der Waals surface area contributed by atoms with Crippen molar-refractivity contribution in [2.75, 3.05) is 38.7 Å². The summed E-state index contributed by atoms with van der Waals surface area (Å²) in [5.41, 5.74) is 6.83. The number of nitrogens with one attached hydrogen (secondary N) is 1. The number of benzene rings is 1. The predicted octanol–water partition coefficient (Wildman–Crippen LogP) is 2.80. The van der Waals surface area contributed by atoms with E-state index >= 15 is 0 Å². The second kappa shape index (κ2) is 10.1. The van der Waals surface area contributed by atoms with Crippen LogP contribution in [0.4, 0.5) is 11.5 Å². The third kappa shape index (κ3) is 4.99. The second-order valence-corrected chi connectivity index (χ2v) is 6.73. The van der Waals surface area contributed by atoms with Gasteiger partial charge in [-0.2, -0.15) is 0 Å². The minimum atomic E-state index is -0.0223. The Morgan fingerprint density at radius 2 is 2.04 bits per heavy atom. The normalized spacial score (nSPS) is 14.7. The first-order chi connectivity index (χ1) is 13.7. The highest BCUT2D eigenvalue weighted by Gasteiger charge is 2.26. The summed E-state index contributed by atoms with van der Waals surface area (Å²) in [7, 11) is 1.62. The van der Waals surface area contributed by atoms with E-state index in [2.05, 4.69) is 10.3 Å². The smallest absolute Gasteiger partial charge is 0.257 e. The minimum absolute atomic E-state index is 0.0223. The number of methoxy groups -OCH3 is 1. The van der Waals surface area contributed by atoms with Gasteiger partial charge < -0.3 is 25.4 Å². The Morgan fingerprint density at radius 1 is 1.25 bits per heavy atom. The van der Waals surface area contributed by atoms with E-state index < -0.39 is 0 Å². The van der Waals surface area contributed by atoms with E-state index in [1.807, 2.05) is 29.2 Å². The van der Waals surface area contributed by atoms with Crippen molar-refractivity contribution in [1.82, 2.24) is 9.88 Å². The zero-order valence-corrected chi connectivity index (χ0v) is 16.3. The minimum Gasteiger partial charge on any atom is -0.495 e. The number of anilines is 2. The standard InChI is InChI=1S/C21H28N4O3/c1-27-19-8-3-2-7-18(19)24-20-17(6-4-12-23-20)21(26)25-13-9-16(10-14-25)28-15-5-11-22/h2-4,6-8,12,16H,5,9-11,13-15,22H2,1H3,(H,23,24). The number of pyridine rings is 1. The van der Waals surface area contributed by atoms with E-state index in [0.717, 1.165) is 24.9 Å². The van der Waals surface area contributed by atoms with Crippen molar-refractivity contribution in [2.24, 2.45) is 5.73 Å². The summed E-state index contributed by atoms with van der Waals surface area (Å²) in [5.74, 6) is 1.20. The van der Waals surface area contributed by atoms with Crippen LogP contribution in [-0.4, -0.2) is 55.2 Å². The topological polar surface area (TPSA) is 89.7 Å². The molecule has 1 aliphatic heterocycles. The number of carbonyl (C=O) groups is 1. The number of rotatable bonds is 8. The summed E-state index contributed by atoms with van der Waals surface area (Å²) in [5, 5.41) is 3.24. The Morgan fingerprint density at radius 3 is 2.79 bits per heavy atom. The first kappa shape index (κ1) is 20.1. The van der Waals surface area contributed by atoms with Crippen LogP contribution in [0.25, 0.3) is 0 Å². The Balaban J connectivity index is 1.67. The molecule has 1 aromatic heterocycles. The van der Waals surface area contributed by atoms with Crippen molar-refractivity contribution in [1.29, 1.82) is 0 Å². The number of carbonyl (C=O) groups excluding carboxylic acids is 1. The van der Waals surface area contributed by atoms with Gasteiger partial charge in [-0.25, -0.2) is 4.98 Å². The summed E-state index contributed by atoms with van der Waals surface area (Å²) in [6, 6.07) is 11.1. The monoisotopic (exact) mass is 384 g/mol. The molecule has 28 heavy (non-hydrogen) atoms. The van der Waals surface area contributed by atoms with Crippen molar-refractivity contribution >= 4 is 17.4 Å². The lowest BCUT2D eigenvalue weighted by atomic mass is 10.1. The van der Waals surface area contributed by atoms with E-state index in [1.54, 1.807) is 25.4 Å². The fourth-order valence-corrected chi connectivity index (χ4v) is 3.28. The van der Waals surface area contributed by atoms with Gasteiger partial charge in [0.25, 0.3) is 5.91 Å². The molecule has 7 nitrogen and oxygen atoms in total. The second-order valence-electron chi connectivity index (χ2n) is 6.73. The highest BCUT2D eigenvalue weighted by atomic mass is 16.5. The van der Waals surface area contributed by atoms with Crippen LogP contribution in [0.3, 0.4) is 0 Å². The molecule has 0 spiro atoms. The Hall–Kier alpha value is -2.64. The average molecular weight is 384 g/mol. The molecule has 150 valence electrons. The summed E-state index contributed by atoms with van der Waals surface area (Å²) < 4.78 is 11.2. The lowest BCUT2D eigenvalue weighted by Crippen LogP contribution is -2.41. The largest absolute Gasteiger partial charge is 0.495 e. The predicted molar refractivity (Wildman–Crippen MR) is 109 cm³/mol. The van der Waals surface area contributed by atoms with Gasteiger partial charge >= 0.3 is 0 Å². The highest BCUT2D eigenvalue weighted by Crippen LogP contribution is 2.28. The van der Waals surface area contributed by atoms with Gasteiger partial charge in [0.05, 0.1) is 24.5 Å². The van der Waals surface area contributed by atoms with Crippen molar-refractivity contribution in [3.63, 3.8) is 0 Å². The summed E-state index contributed by atoms with van der Waals surface area (Å²) in [6.07, 6.45) is 4.42. The quantitative estimate of drug-likeness (QED) is 0.680. The molecule has 0 saturated carbocycles. The molecule has 3 rings (SSSR count). The number of likely N-dealkylation sites (tertiary alicyclic amines) is 1. The Bertz CT molecular complexity index is 776. The van der Waals surface area contributed by atoms with Crippen LogP contribution in [0.1, 0.15) is 29.6 Å². The van der Waals surface area contributed by atoms with Crippen LogP contribution in [-0.2, 0) is 4.74 Å².